The van der Waals surface area contributed by atoms with Crippen LogP contribution in [0.5, 0.6) is 0 Å². The number of hydrogen-bond acceptors (Lipinski definition) is 6. The zero-order chi connectivity index (χ0) is 22.0. The highest BCUT2D eigenvalue weighted by molar-refractivity contribution is 5.91. The minimum Gasteiger partial charge on any atom is -0.459 e. The molecule has 1 aliphatic rings. The fourth-order valence-corrected chi connectivity index (χ4v) is 3.38. The Hall–Kier alpha value is -3.78. The first kappa shape index (κ1) is 20.5. The van der Waals surface area contributed by atoms with E-state index in [9.17, 15) is 19.2 Å². The van der Waals surface area contributed by atoms with Gasteiger partial charge < -0.3 is 9.47 Å². The van der Waals surface area contributed by atoms with Gasteiger partial charge in [-0.1, -0.05) is 42.5 Å². The van der Waals surface area contributed by atoms with Crippen molar-refractivity contribution < 1.29 is 19.1 Å². The Bertz CT molecular complexity index is 1230. The summed E-state index contributed by atoms with van der Waals surface area (Å²) in [6.45, 7) is 1.29. The molecule has 1 unspecified atom stereocenters. The molecule has 0 aliphatic carbocycles. The molecule has 8 nitrogen and oxygen atoms in total. The normalized spacial score (nSPS) is 18.2. The number of H-pyrrole nitrogens is 1. The predicted octanol–water partition coefficient (Wildman–Crippen LogP) is 2.23. The number of aromatic amines is 1. The van der Waals surface area contributed by atoms with E-state index < -0.39 is 29.6 Å². The van der Waals surface area contributed by atoms with E-state index in [0.717, 1.165) is 11.1 Å². The highest BCUT2D eigenvalue weighted by atomic mass is 16.6. The molecule has 1 aliphatic heterocycles. The Morgan fingerprint density at radius 1 is 1.06 bits per heavy atom. The van der Waals surface area contributed by atoms with Gasteiger partial charge in [-0.3, -0.25) is 19.1 Å². The van der Waals surface area contributed by atoms with Crippen molar-refractivity contribution in [3.8, 4) is 11.1 Å². The van der Waals surface area contributed by atoms with Gasteiger partial charge in [-0.15, -0.1) is 0 Å². The molecule has 1 aromatic heterocycles. The predicted molar refractivity (Wildman–Crippen MR) is 112 cm³/mol. The molecule has 0 amide bonds. The molecular weight excluding hydrogens is 400 g/mol. The number of benzene rings is 2. The summed E-state index contributed by atoms with van der Waals surface area (Å²) in [6.07, 6.45) is -0.539. The third-order valence-corrected chi connectivity index (χ3v) is 5.11. The third-order valence-electron chi connectivity index (χ3n) is 5.11. The Kier molecular flexibility index (Phi) is 5.64. The van der Waals surface area contributed by atoms with Gasteiger partial charge in [0, 0.05) is 11.8 Å². The second-order valence-electron chi connectivity index (χ2n) is 7.27. The molecule has 2 atom stereocenters. The van der Waals surface area contributed by atoms with Crippen LogP contribution < -0.4 is 11.2 Å². The summed E-state index contributed by atoms with van der Waals surface area (Å²) in [5, 5.41) is 0. The summed E-state index contributed by atoms with van der Waals surface area (Å²) in [6, 6.07) is 16.7. The van der Waals surface area contributed by atoms with Crippen molar-refractivity contribution in [3.05, 3.63) is 92.8 Å². The molecule has 1 fully saturated rings. The molecule has 0 bridgehead atoms. The molecule has 4 rings (SSSR count). The summed E-state index contributed by atoms with van der Waals surface area (Å²) in [5.74, 6) is -0.857. The van der Waals surface area contributed by atoms with Gasteiger partial charge in [-0.25, -0.2) is 9.59 Å². The monoisotopic (exact) mass is 420 g/mol. The Balaban J connectivity index is 1.38. The zero-order valence-electron chi connectivity index (χ0n) is 16.7. The van der Waals surface area contributed by atoms with Gasteiger partial charge >= 0.3 is 11.7 Å². The van der Waals surface area contributed by atoms with Crippen LogP contribution in [0.1, 0.15) is 28.6 Å². The molecule has 1 N–H and O–H groups in total. The number of carbonyl (C=O) groups is 2. The SMILES string of the molecule is Cc1cn([C@H]2CC(=O)C(COC(=O)c3ccc(-c4ccccc4)cc3)O2)c(=O)[nH]c1=O. The molecule has 2 heterocycles. The van der Waals surface area contributed by atoms with E-state index in [1.54, 1.807) is 19.1 Å². The average molecular weight is 420 g/mol. The van der Waals surface area contributed by atoms with Crippen LogP contribution in [-0.2, 0) is 14.3 Å². The van der Waals surface area contributed by atoms with E-state index in [2.05, 4.69) is 4.98 Å². The lowest BCUT2D eigenvalue weighted by Gasteiger charge is -2.15. The van der Waals surface area contributed by atoms with Crippen LogP contribution in [0.4, 0.5) is 0 Å². The van der Waals surface area contributed by atoms with Gasteiger partial charge in [0.05, 0.1) is 12.0 Å². The standard InChI is InChI=1S/C23H20N2O6/c1-14-12-25(23(29)24-21(14)27)20-11-18(26)19(31-20)13-30-22(28)17-9-7-16(8-10-17)15-5-3-2-4-6-15/h2-10,12,19-20H,11,13H2,1H3,(H,24,27,29)/t19?,20-/m1/s1. The van der Waals surface area contributed by atoms with Gasteiger partial charge in [-0.05, 0) is 30.2 Å². The van der Waals surface area contributed by atoms with Crippen LogP contribution in [0, 0.1) is 6.92 Å². The maximum absolute atomic E-state index is 12.4. The highest BCUT2D eigenvalue weighted by Crippen LogP contribution is 2.25. The minimum absolute atomic E-state index is 0.0562. The Morgan fingerprint density at radius 2 is 1.74 bits per heavy atom. The molecule has 31 heavy (non-hydrogen) atoms. The first-order valence-electron chi connectivity index (χ1n) is 9.75. The van der Waals surface area contributed by atoms with E-state index in [0.29, 0.717) is 11.1 Å². The number of Topliss-reactive ketones (excluding diaryl/α,β-unsaturated/α-hetero) is 1. The van der Waals surface area contributed by atoms with Crippen LogP contribution in [0.2, 0.25) is 0 Å². The first-order chi connectivity index (χ1) is 14.9. The summed E-state index contributed by atoms with van der Waals surface area (Å²) >= 11 is 0. The molecule has 0 spiro atoms. The van der Waals surface area contributed by atoms with E-state index in [-0.39, 0.29) is 18.8 Å². The van der Waals surface area contributed by atoms with Crippen molar-refractivity contribution in [2.24, 2.45) is 0 Å². The van der Waals surface area contributed by atoms with E-state index >= 15 is 0 Å². The maximum atomic E-state index is 12.4. The number of aryl methyl sites for hydroxylation is 1. The van der Waals surface area contributed by atoms with Crippen molar-refractivity contribution in [3.63, 3.8) is 0 Å². The molecule has 0 saturated carbocycles. The summed E-state index contributed by atoms with van der Waals surface area (Å²) in [5.41, 5.74) is 1.53. The van der Waals surface area contributed by atoms with E-state index in [1.807, 2.05) is 42.5 Å². The van der Waals surface area contributed by atoms with E-state index in [1.165, 1.54) is 10.8 Å². The second-order valence-corrected chi connectivity index (χ2v) is 7.27. The molecule has 3 aromatic rings. The molecular formula is C23H20N2O6. The Labute approximate surface area is 177 Å². The third kappa shape index (κ3) is 4.39. The minimum atomic E-state index is -0.975. The van der Waals surface area contributed by atoms with Crippen LogP contribution in [0.15, 0.2) is 70.4 Å². The van der Waals surface area contributed by atoms with Crippen LogP contribution in [0.3, 0.4) is 0 Å². The molecule has 2 aromatic carbocycles. The molecule has 0 radical (unpaired) electrons. The quantitative estimate of drug-likeness (QED) is 0.635. The first-order valence-corrected chi connectivity index (χ1v) is 9.75. The van der Waals surface area contributed by atoms with Crippen molar-refractivity contribution in [1.82, 2.24) is 9.55 Å². The maximum Gasteiger partial charge on any atom is 0.338 e. The van der Waals surface area contributed by atoms with Gasteiger partial charge in [0.15, 0.2) is 11.9 Å². The molecule has 1 saturated heterocycles. The number of aromatic nitrogens is 2. The second kappa shape index (κ2) is 8.53. The number of nitrogens with one attached hydrogen (secondary N) is 1. The van der Waals surface area contributed by atoms with Crippen LogP contribution >= 0.6 is 0 Å². The van der Waals surface area contributed by atoms with Crippen LogP contribution in [0.25, 0.3) is 11.1 Å². The number of ketones is 1. The average Bonchev–Trinajstić information content (AvgIpc) is 3.15. The van der Waals surface area contributed by atoms with Gasteiger partial charge in [-0.2, -0.15) is 0 Å². The molecule has 8 heteroatoms. The highest BCUT2D eigenvalue weighted by Gasteiger charge is 2.36. The smallest absolute Gasteiger partial charge is 0.338 e. The van der Waals surface area contributed by atoms with E-state index in [4.69, 9.17) is 9.47 Å². The van der Waals surface area contributed by atoms with Crippen molar-refractivity contribution in [2.75, 3.05) is 6.61 Å². The number of carbonyl (C=O) groups excluding carboxylic acids is 2. The van der Waals surface area contributed by atoms with Crippen molar-refractivity contribution in [2.45, 2.75) is 25.7 Å². The summed E-state index contributed by atoms with van der Waals surface area (Å²) < 4.78 is 12.0. The number of nitrogens with zero attached hydrogens (tertiary/aromatic N) is 1. The fraction of sp³-hybridized carbons (Fsp3) is 0.217. The number of ether oxygens (including phenoxy) is 2. The lowest BCUT2D eigenvalue weighted by atomic mass is 10.0. The largest absolute Gasteiger partial charge is 0.459 e. The molecule has 158 valence electrons. The van der Waals surface area contributed by atoms with Gasteiger partial charge in [0.2, 0.25) is 0 Å². The van der Waals surface area contributed by atoms with Crippen molar-refractivity contribution >= 4 is 11.8 Å². The number of rotatable bonds is 5. The lowest BCUT2D eigenvalue weighted by Crippen LogP contribution is -2.33. The fourth-order valence-electron chi connectivity index (χ4n) is 3.38. The van der Waals surface area contributed by atoms with Crippen molar-refractivity contribution in [1.29, 1.82) is 0 Å². The Morgan fingerprint density at radius 3 is 2.45 bits per heavy atom. The van der Waals surface area contributed by atoms with Gasteiger partial charge in [0.25, 0.3) is 5.56 Å². The van der Waals surface area contributed by atoms with Gasteiger partial charge in [0.1, 0.15) is 12.8 Å². The summed E-state index contributed by atoms with van der Waals surface area (Å²) in [4.78, 5) is 50.3. The number of esters is 1. The summed E-state index contributed by atoms with van der Waals surface area (Å²) in [7, 11) is 0. The zero-order valence-corrected chi connectivity index (χ0v) is 16.7. The topological polar surface area (TPSA) is 107 Å². The van der Waals surface area contributed by atoms with Crippen LogP contribution in [-0.4, -0.2) is 34.0 Å². The lowest BCUT2D eigenvalue weighted by molar-refractivity contribution is -0.125. The number of hydrogen-bond donors (Lipinski definition) is 1.